The molecule has 1 amide bonds. The van der Waals surface area contributed by atoms with Crippen molar-refractivity contribution in [2.24, 2.45) is 0 Å². The van der Waals surface area contributed by atoms with E-state index in [2.05, 4.69) is 10.6 Å². The third-order valence-electron chi connectivity index (χ3n) is 3.70. The van der Waals surface area contributed by atoms with E-state index in [4.69, 9.17) is 16.3 Å². The summed E-state index contributed by atoms with van der Waals surface area (Å²) in [6.07, 6.45) is 0. The van der Waals surface area contributed by atoms with Crippen molar-refractivity contribution >= 4 is 28.9 Å². The lowest BCUT2D eigenvalue weighted by Gasteiger charge is -2.16. The van der Waals surface area contributed by atoms with E-state index < -0.39 is 6.04 Å². The van der Waals surface area contributed by atoms with Crippen LogP contribution in [0.5, 0.6) is 5.75 Å². The zero-order valence-corrected chi connectivity index (χ0v) is 14.5. The van der Waals surface area contributed by atoms with Gasteiger partial charge in [0.05, 0.1) is 12.1 Å². The molecule has 23 heavy (non-hydrogen) atoms. The molecule has 0 bridgehead atoms. The molecule has 0 aliphatic rings. The minimum absolute atomic E-state index is 0.111. The van der Waals surface area contributed by atoms with E-state index in [9.17, 15) is 4.79 Å². The summed E-state index contributed by atoms with van der Waals surface area (Å²) < 4.78 is 5.11. The summed E-state index contributed by atoms with van der Waals surface area (Å²) >= 11 is 6.09. The van der Waals surface area contributed by atoms with Crippen LogP contribution in [-0.4, -0.2) is 19.1 Å². The minimum atomic E-state index is -0.402. The number of anilines is 2. The van der Waals surface area contributed by atoms with Gasteiger partial charge in [-0.25, -0.2) is 0 Å². The number of aryl methyl sites for hydroxylation is 2. The summed E-state index contributed by atoms with van der Waals surface area (Å²) in [5, 5.41) is 6.54. The number of rotatable bonds is 5. The summed E-state index contributed by atoms with van der Waals surface area (Å²) in [6.45, 7) is 5.86. The van der Waals surface area contributed by atoms with E-state index in [0.717, 1.165) is 16.9 Å². The molecule has 0 radical (unpaired) electrons. The van der Waals surface area contributed by atoms with E-state index >= 15 is 0 Å². The second-order valence-corrected chi connectivity index (χ2v) is 5.91. The van der Waals surface area contributed by atoms with Crippen molar-refractivity contribution in [3.63, 3.8) is 0 Å². The van der Waals surface area contributed by atoms with Crippen molar-refractivity contribution in [3.8, 4) is 5.75 Å². The van der Waals surface area contributed by atoms with Crippen LogP contribution in [0.25, 0.3) is 0 Å². The number of methoxy groups -OCH3 is 1. The van der Waals surface area contributed by atoms with E-state index in [1.165, 1.54) is 5.56 Å². The Labute approximate surface area is 141 Å². The topological polar surface area (TPSA) is 50.4 Å². The average Bonchev–Trinajstić information content (AvgIpc) is 2.51. The first-order chi connectivity index (χ1) is 10.9. The van der Waals surface area contributed by atoms with Crippen molar-refractivity contribution < 1.29 is 9.53 Å². The molecular formula is C18H21ClN2O2. The van der Waals surface area contributed by atoms with Gasteiger partial charge < -0.3 is 15.4 Å². The SMILES string of the molecule is COc1ccc(N[C@@H](C)C(=O)Nc2ccc(C)c(C)c2)cc1Cl. The van der Waals surface area contributed by atoms with Gasteiger partial charge in [-0.2, -0.15) is 0 Å². The van der Waals surface area contributed by atoms with Crippen molar-refractivity contribution in [2.75, 3.05) is 17.7 Å². The fourth-order valence-electron chi connectivity index (χ4n) is 2.14. The molecule has 0 fully saturated rings. The fraction of sp³-hybridized carbons (Fsp3) is 0.278. The Morgan fingerprint density at radius 2 is 1.78 bits per heavy atom. The Kier molecular flexibility index (Phi) is 5.50. The van der Waals surface area contributed by atoms with Gasteiger partial charge in [-0.1, -0.05) is 17.7 Å². The quantitative estimate of drug-likeness (QED) is 0.853. The Morgan fingerprint density at radius 3 is 2.39 bits per heavy atom. The maximum absolute atomic E-state index is 12.3. The van der Waals surface area contributed by atoms with Gasteiger partial charge in [0.15, 0.2) is 0 Å². The van der Waals surface area contributed by atoms with Gasteiger partial charge in [0.1, 0.15) is 11.8 Å². The lowest BCUT2D eigenvalue weighted by molar-refractivity contribution is -0.116. The summed E-state index contributed by atoms with van der Waals surface area (Å²) in [4.78, 5) is 12.3. The fourth-order valence-corrected chi connectivity index (χ4v) is 2.40. The highest BCUT2D eigenvalue weighted by Gasteiger charge is 2.14. The smallest absolute Gasteiger partial charge is 0.246 e. The molecule has 5 heteroatoms. The monoisotopic (exact) mass is 332 g/mol. The van der Waals surface area contributed by atoms with Crippen molar-refractivity contribution in [2.45, 2.75) is 26.8 Å². The number of hydrogen-bond donors (Lipinski definition) is 2. The van der Waals surface area contributed by atoms with Gasteiger partial charge >= 0.3 is 0 Å². The zero-order valence-electron chi connectivity index (χ0n) is 13.7. The normalized spacial score (nSPS) is 11.7. The molecule has 0 unspecified atom stereocenters. The van der Waals surface area contributed by atoms with Crippen LogP contribution < -0.4 is 15.4 Å². The van der Waals surface area contributed by atoms with Crippen LogP contribution >= 0.6 is 11.6 Å². The van der Waals surface area contributed by atoms with Crippen LogP contribution in [0.1, 0.15) is 18.1 Å². The number of halogens is 1. The molecule has 0 heterocycles. The maximum atomic E-state index is 12.3. The number of nitrogens with one attached hydrogen (secondary N) is 2. The van der Waals surface area contributed by atoms with Gasteiger partial charge in [-0.05, 0) is 62.2 Å². The van der Waals surface area contributed by atoms with Crippen molar-refractivity contribution in [1.82, 2.24) is 0 Å². The number of carbonyl (C=O) groups is 1. The number of amides is 1. The van der Waals surface area contributed by atoms with Gasteiger partial charge in [0.25, 0.3) is 0 Å². The third kappa shape index (κ3) is 4.39. The van der Waals surface area contributed by atoms with Gasteiger partial charge in [0.2, 0.25) is 5.91 Å². The van der Waals surface area contributed by atoms with E-state index in [1.807, 2.05) is 38.1 Å². The molecule has 2 N–H and O–H groups in total. The summed E-state index contributed by atoms with van der Waals surface area (Å²) in [5.74, 6) is 0.490. The van der Waals surface area contributed by atoms with Gasteiger partial charge in [-0.15, -0.1) is 0 Å². The van der Waals surface area contributed by atoms with E-state index in [1.54, 1.807) is 26.2 Å². The second-order valence-electron chi connectivity index (χ2n) is 5.50. The molecule has 0 saturated carbocycles. The molecule has 0 aliphatic heterocycles. The Hall–Kier alpha value is -2.20. The number of hydrogen-bond acceptors (Lipinski definition) is 3. The van der Waals surface area contributed by atoms with E-state index in [0.29, 0.717) is 10.8 Å². The molecule has 122 valence electrons. The Bertz CT molecular complexity index is 716. The van der Waals surface area contributed by atoms with Gasteiger partial charge in [-0.3, -0.25) is 4.79 Å². The minimum Gasteiger partial charge on any atom is -0.495 e. The number of carbonyl (C=O) groups excluding carboxylic acids is 1. The standard InChI is InChI=1S/C18H21ClN2O2/c1-11-5-6-14(9-12(11)2)21-18(22)13(3)20-15-7-8-17(23-4)16(19)10-15/h5-10,13,20H,1-4H3,(H,21,22)/t13-/m0/s1. The molecule has 0 spiro atoms. The summed E-state index contributed by atoms with van der Waals surface area (Å²) in [5.41, 5.74) is 3.89. The lowest BCUT2D eigenvalue weighted by atomic mass is 10.1. The second kappa shape index (κ2) is 7.38. The molecule has 4 nitrogen and oxygen atoms in total. The first-order valence-electron chi connectivity index (χ1n) is 7.39. The average molecular weight is 333 g/mol. The predicted octanol–water partition coefficient (Wildman–Crippen LogP) is 4.40. The van der Waals surface area contributed by atoms with Crippen molar-refractivity contribution in [1.29, 1.82) is 0 Å². The number of ether oxygens (including phenoxy) is 1. The van der Waals surface area contributed by atoms with Crippen LogP contribution in [-0.2, 0) is 4.79 Å². The Morgan fingerprint density at radius 1 is 1.09 bits per heavy atom. The molecular weight excluding hydrogens is 312 g/mol. The van der Waals surface area contributed by atoms with Crippen LogP contribution in [0.3, 0.4) is 0 Å². The predicted molar refractivity (Wildman–Crippen MR) is 95.6 cm³/mol. The highest BCUT2D eigenvalue weighted by atomic mass is 35.5. The molecule has 1 atom stereocenters. The first kappa shape index (κ1) is 17.2. The third-order valence-corrected chi connectivity index (χ3v) is 4.00. The lowest BCUT2D eigenvalue weighted by Crippen LogP contribution is -2.31. The zero-order chi connectivity index (χ0) is 17.0. The van der Waals surface area contributed by atoms with Crippen LogP contribution in [0.2, 0.25) is 5.02 Å². The molecule has 2 aromatic rings. The highest BCUT2D eigenvalue weighted by Crippen LogP contribution is 2.27. The first-order valence-corrected chi connectivity index (χ1v) is 7.76. The summed E-state index contributed by atoms with van der Waals surface area (Å²) in [7, 11) is 1.56. The molecule has 2 aromatic carbocycles. The van der Waals surface area contributed by atoms with E-state index in [-0.39, 0.29) is 5.91 Å². The molecule has 2 rings (SSSR count). The maximum Gasteiger partial charge on any atom is 0.246 e. The van der Waals surface area contributed by atoms with Crippen LogP contribution in [0.4, 0.5) is 11.4 Å². The van der Waals surface area contributed by atoms with Crippen LogP contribution in [0, 0.1) is 13.8 Å². The molecule has 0 aliphatic carbocycles. The highest BCUT2D eigenvalue weighted by molar-refractivity contribution is 6.32. The number of benzene rings is 2. The van der Waals surface area contributed by atoms with Crippen molar-refractivity contribution in [3.05, 3.63) is 52.5 Å². The van der Waals surface area contributed by atoms with Gasteiger partial charge in [0, 0.05) is 11.4 Å². The molecule has 0 saturated heterocycles. The summed E-state index contributed by atoms with van der Waals surface area (Å²) in [6, 6.07) is 10.8. The molecule has 0 aromatic heterocycles. The Balaban J connectivity index is 2.02. The van der Waals surface area contributed by atoms with Crippen LogP contribution in [0.15, 0.2) is 36.4 Å². The largest absolute Gasteiger partial charge is 0.495 e.